The van der Waals surface area contributed by atoms with Crippen LogP contribution in [0.5, 0.6) is 0 Å². The van der Waals surface area contributed by atoms with Crippen molar-refractivity contribution >= 4 is 17.1 Å². The Kier molecular flexibility index (Phi) is 3.20. The van der Waals surface area contributed by atoms with Crippen LogP contribution in [0, 0.1) is 18.3 Å². The van der Waals surface area contributed by atoms with Crippen molar-refractivity contribution in [2.24, 2.45) is 0 Å². The number of hydrogen-bond acceptors (Lipinski definition) is 3. The molecular weight excluding hydrogens is 222 g/mol. The Hall–Kier alpha value is -2.47. The number of aryl methyl sites for hydroxylation is 1. The number of benzene rings is 2. The molecule has 0 atom stereocenters. The van der Waals surface area contributed by atoms with E-state index in [-0.39, 0.29) is 0 Å². The van der Waals surface area contributed by atoms with E-state index in [0.717, 1.165) is 11.4 Å². The number of anilines is 3. The molecule has 3 nitrogen and oxygen atoms in total. The maximum Gasteiger partial charge on any atom is 0.0992 e. The molecule has 0 unspecified atom stereocenters. The van der Waals surface area contributed by atoms with Crippen LogP contribution >= 0.6 is 0 Å². The first-order valence-electron chi connectivity index (χ1n) is 5.72. The molecule has 0 saturated heterocycles. The molecule has 3 heteroatoms. The number of rotatable bonds is 2. The van der Waals surface area contributed by atoms with Crippen molar-refractivity contribution < 1.29 is 0 Å². The van der Waals surface area contributed by atoms with Gasteiger partial charge in [0.2, 0.25) is 0 Å². The number of nitrogens with two attached hydrogens (primary N) is 1. The summed E-state index contributed by atoms with van der Waals surface area (Å²) in [7, 11) is 1.96. The van der Waals surface area contributed by atoms with Gasteiger partial charge in [0.25, 0.3) is 0 Å². The van der Waals surface area contributed by atoms with Gasteiger partial charge in [0, 0.05) is 12.7 Å². The summed E-state index contributed by atoms with van der Waals surface area (Å²) in [6.07, 6.45) is 0. The van der Waals surface area contributed by atoms with E-state index in [4.69, 9.17) is 11.0 Å². The lowest BCUT2D eigenvalue weighted by Gasteiger charge is -2.21. The Morgan fingerprint density at radius 1 is 1.17 bits per heavy atom. The fourth-order valence-electron chi connectivity index (χ4n) is 1.91. The van der Waals surface area contributed by atoms with E-state index in [1.807, 2.05) is 30.1 Å². The summed E-state index contributed by atoms with van der Waals surface area (Å²) >= 11 is 0. The highest BCUT2D eigenvalue weighted by Gasteiger charge is 2.08. The molecule has 0 aliphatic carbocycles. The summed E-state index contributed by atoms with van der Waals surface area (Å²) in [6, 6.07) is 15.6. The number of nitrogen functional groups attached to an aromatic ring is 1. The van der Waals surface area contributed by atoms with Crippen molar-refractivity contribution in [3.63, 3.8) is 0 Å². The van der Waals surface area contributed by atoms with Crippen molar-refractivity contribution in [2.75, 3.05) is 17.7 Å². The van der Waals surface area contributed by atoms with E-state index < -0.39 is 0 Å². The number of nitriles is 1. The first kappa shape index (κ1) is 12.0. The topological polar surface area (TPSA) is 53.0 Å². The lowest BCUT2D eigenvalue weighted by Crippen LogP contribution is -2.11. The molecule has 0 bridgehead atoms. The predicted molar refractivity (Wildman–Crippen MR) is 74.8 cm³/mol. The van der Waals surface area contributed by atoms with E-state index in [2.05, 4.69) is 25.1 Å². The molecule has 90 valence electrons. The van der Waals surface area contributed by atoms with E-state index in [1.54, 1.807) is 12.1 Å². The minimum absolute atomic E-state index is 0.578. The predicted octanol–water partition coefficient (Wildman–Crippen LogP) is 3.22. The van der Waals surface area contributed by atoms with Crippen molar-refractivity contribution in [3.05, 3.63) is 53.6 Å². The van der Waals surface area contributed by atoms with E-state index in [1.165, 1.54) is 5.56 Å². The van der Waals surface area contributed by atoms with Gasteiger partial charge in [-0.15, -0.1) is 0 Å². The van der Waals surface area contributed by atoms with Gasteiger partial charge in [-0.1, -0.05) is 12.1 Å². The molecule has 2 aromatic rings. The van der Waals surface area contributed by atoms with Crippen LogP contribution in [0.2, 0.25) is 0 Å². The average Bonchev–Trinajstić information content (AvgIpc) is 2.37. The van der Waals surface area contributed by atoms with Crippen LogP contribution in [0.25, 0.3) is 0 Å². The minimum Gasteiger partial charge on any atom is -0.397 e. The second-order valence-corrected chi connectivity index (χ2v) is 4.28. The van der Waals surface area contributed by atoms with Crippen LogP contribution in [0.3, 0.4) is 0 Å². The van der Waals surface area contributed by atoms with Crippen molar-refractivity contribution in [2.45, 2.75) is 6.92 Å². The Labute approximate surface area is 107 Å². The van der Waals surface area contributed by atoms with E-state index >= 15 is 0 Å². The highest BCUT2D eigenvalue weighted by atomic mass is 15.1. The summed E-state index contributed by atoms with van der Waals surface area (Å²) in [6.45, 7) is 2.06. The first-order chi connectivity index (χ1) is 8.61. The first-order valence-corrected chi connectivity index (χ1v) is 5.72. The molecule has 0 aromatic heterocycles. The summed E-state index contributed by atoms with van der Waals surface area (Å²) in [4.78, 5) is 2.02. The smallest absolute Gasteiger partial charge is 0.0992 e. The fraction of sp³-hybridized carbons (Fsp3) is 0.133. The average molecular weight is 237 g/mol. The van der Waals surface area contributed by atoms with Crippen LogP contribution in [0.1, 0.15) is 11.1 Å². The van der Waals surface area contributed by atoms with Crippen LogP contribution in [-0.4, -0.2) is 7.05 Å². The van der Waals surface area contributed by atoms with E-state index in [9.17, 15) is 0 Å². The molecule has 0 fully saturated rings. The van der Waals surface area contributed by atoms with Gasteiger partial charge in [0.1, 0.15) is 0 Å². The SMILES string of the molecule is Cc1cccc(N(C)c2ccc(C#N)cc2N)c1. The molecule has 0 spiro atoms. The number of hydrogen-bond donors (Lipinski definition) is 1. The van der Waals surface area contributed by atoms with Gasteiger partial charge in [-0.3, -0.25) is 0 Å². The largest absolute Gasteiger partial charge is 0.397 e. The molecule has 0 amide bonds. The van der Waals surface area contributed by atoms with Crippen LogP contribution < -0.4 is 10.6 Å². The highest BCUT2D eigenvalue weighted by Crippen LogP contribution is 2.29. The van der Waals surface area contributed by atoms with Gasteiger partial charge < -0.3 is 10.6 Å². The molecule has 2 N–H and O–H groups in total. The summed E-state index contributed by atoms with van der Waals surface area (Å²) in [5, 5.41) is 8.83. The molecule has 0 radical (unpaired) electrons. The zero-order valence-corrected chi connectivity index (χ0v) is 10.5. The summed E-state index contributed by atoms with van der Waals surface area (Å²) in [5.74, 6) is 0. The van der Waals surface area contributed by atoms with Gasteiger partial charge in [0.05, 0.1) is 23.0 Å². The van der Waals surface area contributed by atoms with Crippen molar-refractivity contribution in [3.8, 4) is 6.07 Å². The van der Waals surface area contributed by atoms with Crippen molar-refractivity contribution in [1.29, 1.82) is 5.26 Å². The lowest BCUT2D eigenvalue weighted by atomic mass is 10.1. The fourth-order valence-corrected chi connectivity index (χ4v) is 1.91. The Morgan fingerprint density at radius 2 is 1.94 bits per heavy atom. The van der Waals surface area contributed by atoms with Gasteiger partial charge in [-0.05, 0) is 42.8 Å². The maximum atomic E-state index is 8.83. The minimum atomic E-state index is 0.578. The molecule has 0 aliphatic rings. The van der Waals surface area contributed by atoms with Gasteiger partial charge >= 0.3 is 0 Å². The zero-order valence-electron chi connectivity index (χ0n) is 10.5. The summed E-state index contributed by atoms with van der Waals surface area (Å²) < 4.78 is 0. The van der Waals surface area contributed by atoms with Gasteiger partial charge in [-0.25, -0.2) is 0 Å². The summed E-state index contributed by atoms with van der Waals surface area (Å²) in [5.41, 5.74) is 10.3. The molecule has 0 heterocycles. The molecule has 18 heavy (non-hydrogen) atoms. The standard InChI is InChI=1S/C15H15N3/c1-11-4-3-5-13(8-11)18(2)15-7-6-12(10-16)9-14(15)17/h3-9H,17H2,1-2H3. The van der Waals surface area contributed by atoms with E-state index in [0.29, 0.717) is 11.3 Å². The Morgan fingerprint density at radius 3 is 2.56 bits per heavy atom. The highest BCUT2D eigenvalue weighted by molar-refractivity contribution is 5.75. The lowest BCUT2D eigenvalue weighted by molar-refractivity contribution is 1.20. The van der Waals surface area contributed by atoms with Crippen LogP contribution in [0.15, 0.2) is 42.5 Å². The molecule has 2 rings (SSSR count). The molecule has 0 saturated carbocycles. The second-order valence-electron chi connectivity index (χ2n) is 4.28. The van der Waals surface area contributed by atoms with Gasteiger partial charge in [-0.2, -0.15) is 5.26 Å². The van der Waals surface area contributed by atoms with Crippen molar-refractivity contribution in [1.82, 2.24) is 0 Å². The Balaban J connectivity index is 2.40. The zero-order chi connectivity index (χ0) is 13.1. The Bertz CT molecular complexity index is 611. The third kappa shape index (κ3) is 2.28. The number of nitrogens with zero attached hydrogens (tertiary/aromatic N) is 2. The molecule has 0 aliphatic heterocycles. The third-order valence-electron chi connectivity index (χ3n) is 2.91. The van der Waals surface area contributed by atoms with Gasteiger partial charge in [0.15, 0.2) is 0 Å². The third-order valence-corrected chi connectivity index (χ3v) is 2.91. The molecule has 2 aromatic carbocycles. The maximum absolute atomic E-state index is 8.83. The monoisotopic (exact) mass is 237 g/mol. The quantitative estimate of drug-likeness (QED) is 0.816. The van der Waals surface area contributed by atoms with Crippen LogP contribution in [0.4, 0.5) is 17.1 Å². The second kappa shape index (κ2) is 4.80. The molecular formula is C15H15N3. The van der Waals surface area contributed by atoms with Crippen LogP contribution in [-0.2, 0) is 0 Å². The normalized spacial score (nSPS) is 9.83.